The van der Waals surface area contributed by atoms with Crippen LogP contribution in [0.3, 0.4) is 0 Å². The van der Waals surface area contributed by atoms with Gasteiger partial charge in [0.1, 0.15) is 24.7 Å². The van der Waals surface area contributed by atoms with E-state index in [-0.39, 0.29) is 6.42 Å². The Morgan fingerprint density at radius 3 is 0.983 bits per heavy atom. The lowest BCUT2D eigenvalue weighted by atomic mass is 10.1. The summed E-state index contributed by atoms with van der Waals surface area (Å²) >= 11 is 0. The molecule has 58 heavy (non-hydrogen) atoms. The number of carbonyl (C=O) groups is 12. The maximum absolute atomic E-state index is 12.8. The van der Waals surface area contributed by atoms with Gasteiger partial charge in [0.25, 0.3) is 0 Å². The maximum Gasteiger partial charge on any atom is 0.326 e. The summed E-state index contributed by atoms with van der Waals surface area (Å²) in [5.41, 5.74) is 5.31. The van der Waals surface area contributed by atoms with Crippen molar-refractivity contribution in [3.63, 3.8) is 0 Å². The number of rotatable bonds is 26. The van der Waals surface area contributed by atoms with E-state index in [0.29, 0.717) is 0 Å². The van der Waals surface area contributed by atoms with Gasteiger partial charge in [-0.3, -0.25) is 47.9 Å². The summed E-state index contributed by atoms with van der Waals surface area (Å²) in [6, 6.07) is -4.49. The third-order valence-corrected chi connectivity index (χ3v) is 8.36. The van der Waals surface area contributed by atoms with Gasteiger partial charge in [0.15, 0.2) is 0 Å². The number of carboxylic acids is 4. The fraction of sp³-hybridized carbons (Fsp3) is 0.636. The molecule has 0 heterocycles. The Morgan fingerprint density at radius 2 is 0.690 bits per heavy atom. The molecule has 0 bridgehead atoms. The zero-order valence-corrected chi connectivity index (χ0v) is 33.2. The summed E-state index contributed by atoms with van der Waals surface area (Å²) in [7, 11) is 7.60. The Balaban J connectivity index is 4.93. The van der Waals surface area contributed by atoms with Crippen LogP contribution >= 0.6 is 0 Å². The van der Waals surface area contributed by atoms with Crippen molar-refractivity contribution >= 4 is 71.1 Å². The molecule has 0 aliphatic carbocycles. The zero-order chi connectivity index (χ0) is 45.0. The van der Waals surface area contributed by atoms with Gasteiger partial charge in [0.05, 0.1) is 32.7 Å². The van der Waals surface area contributed by atoms with Gasteiger partial charge >= 0.3 is 23.9 Å². The number of likely N-dealkylation sites (N-methyl/N-ethyl adjacent to an activating group) is 6. The molecule has 326 valence electrons. The number of nitrogens with zero attached hydrogens (tertiary/aromatic N) is 6. The Kier molecular flexibility index (Phi) is 22.2. The SMILES string of the molecule is CN(CC(=O)O)C(=O)CN(C)C(=O)CN(C)C(=O)CN(C)C(=O)CN(C)C(=O)CN(C)C(=O)CC[C@H](NC(=O)CC[C@H](NC(=O)CC[C@H](N)C(=O)O)C(=O)O)C(=O)O. The number of nitrogens with one attached hydrogen (secondary N) is 2. The van der Waals surface area contributed by atoms with Crippen LogP contribution in [0.25, 0.3) is 0 Å². The molecular formula is C33H53N9O16. The molecule has 8 amide bonds. The van der Waals surface area contributed by atoms with Crippen LogP contribution in [-0.4, -0.2) is 221 Å². The van der Waals surface area contributed by atoms with E-state index >= 15 is 0 Å². The van der Waals surface area contributed by atoms with Crippen LogP contribution in [0.2, 0.25) is 0 Å². The average molecular weight is 832 g/mol. The Bertz CT molecular complexity index is 1570. The first kappa shape index (κ1) is 51.6. The topological polar surface area (TPSA) is 355 Å². The number of carbonyl (C=O) groups excluding carboxylic acids is 8. The molecular weight excluding hydrogens is 778 g/mol. The van der Waals surface area contributed by atoms with Crippen LogP contribution in [0.4, 0.5) is 0 Å². The van der Waals surface area contributed by atoms with Crippen molar-refractivity contribution < 1.29 is 78.0 Å². The first-order chi connectivity index (χ1) is 26.8. The van der Waals surface area contributed by atoms with Crippen molar-refractivity contribution in [1.29, 1.82) is 0 Å². The monoisotopic (exact) mass is 831 g/mol. The van der Waals surface area contributed by atoms with Crippen molar-refractivity contribution in [2.75, 3.05) is 81.6 Å². The third-order valence-electron chi connectivity index (χ3n) is 8.36. The van der Waals surface area contributed by atoms with Crippen molar-refractivity contribution in [2.24, 2.45) is 5.73 Å². The van der Waals surface area contributed by atoms with Gasteiger partial charge < -0.3 is 66.2 Å². The first-order valence-electron chi connectivity index (χ1n) is 17.4. The summed E-state index contributed by atoms with van der Waals surface area (Å²) in [6.07, 6.45) is -2.54. The molecule has 0 aromatic rings. The van der Waals surface area contributed by atoms with E-state index < -0.39 is 161 Å². The van der Waals surface area contributed by atoms with Gasteiger partial charge in [-0.05, 0) is 19.3 Å². The second kappa shape index (κ2) is 25.0. The summed E-state index contributed by atoms with van der Waals surface area (Å²) in [5.74, 6) is -11.4. The van der Waals surface area contributed by atoms with Gasteiger partial charge in [-0.25, -0.2) is 9.59 Å². The van der Waals surface area contributed by atoms with Gasteiger partial charge in [-0.2, -0.15) is 0 Å². The summed E-state index contributed by atoms with van der Waals surface area (Å²) < 4.78 is 0. The molecule has 0 aliphatic rings. The smallest absolute Gasteiger partial charge is 0.326 e. The van der Waals surface area contributed by atoms with Crippen LogP contribution in [-0.2, 0) is 57.5 Å². The van der Waals surface area contributed by atoms with Gasteiger partial charge in [0, 0.05) is 61.5 Å². The van der Waals surface area contributed by atoms with Crippen LogP contribution in [0.1, 0.15) is 38.5 Å². The van der Waals surface area contributed by atoms with E-state index in [9.17, 15) is 67.7 Å². The lowest BCUT2D eigenvalue weighted by Gasteiger charge is -2.26. The number of amides is 8. The van der Waals surface area contributed by atoms with E-state index in [1.165, 1.54) is 42.3 Å². The molecule has 3 atom stereocenters. The van der Waals surface area contributed by atoms with Crippen molar-refractivity contribution in [3.8, 4) is 0 Å². The van der Waals surface area contributed by atoms with Crippen LogP contribution in [0.5, 0.6) is 0 Å². The normalized spacial score (nSPS) is 12.1. The largest absolute Gasteiger partial charge is 0.480 e. The Morgan fingerprint density at radius 1 is 0.414 bits per heavy atom. The molecule has 0 aliphatic heterocycles. The molecule has 0 rings (SSSR count). The lowest BCUT2D eigenvalue weighted by Crippen LogP contribution is -2.48. The molecule has 0 aromatic carbocycles. The molecule has 25 heteroatoms. The minimum Gasteiger partial charge on any atom is -0.480 e. The quantitative estimate of drug-likeness (QED) is 0.0428. The second-order valence-corrected chi connectivity index (χ2v) is 13.4. The highest BCUT2D eigenvalue weighted by Crippen LogP contribution is 2.06. The van der Waals surface area contributed by atoms with Gasteiger partial charge in [-0.15, -0.1) is 0 Å². The minimum atomic E-state index is -1.59. The molecule has 0 aromatic heterocycles. The standard InChI is InChI=1S/C33H53N9O16/c1-37(24(45)12-9-21(33(57)58)36-23(44)11-8-20(32(55)56)35-22(43)10-7-19(34)31(53)54)13-25(46)38(2)14-26(47)39(3)15-27(48)40(4)16-28(49)41(5)17-29(50)42(6)18-30(51)52/h19-21H,7-18,34H2,1-6H3,(H,35,43)(H,36,44)(H,51,52)(H,53,54)(H,55,56)(H,57,58)/t19-,20-,21-/m0/s1. The highest BCUT2D eigenvalue weighted by atomic mass is 16.4. The van der Waals surface area contributed by atoms with E-state index in [2.05, 4.69) is 10.6 Å². The molecule has 0 radical (unpaired) electrons. The number of hydrogen-bond donors (Lipinski definition) is 7. The Labute approximate surface area is 333 Å². The molecule has 0 saturated carbocycles. The number of nitrogens with two attached hydrogens (primary N) is 1. The number of carboxylic acid groups (broad SMARTS) is 4. The fourth-order valence-electron chi connectivity index (χ4n) is 4.54. The minimum absolute atomic E-state index is 0.272. The molecule has 0 fully saturated rings. The predicted molar refractivity (Wildman–Crippen MR) is 196 cm³/mol. The average Bonchev–Trinajstić information content (AvgIpc) is 3.12. The molecule has 8 N–H and O–H groups in total. The summed E-state index contributed by atoms with van der Waals surface area (Å²) in [6.45, 7) is -3.01. The number of hydrogen-bond acceptors (Lipinski definition) is 13. The first-order valence-corrected chi connectivity index (χ1v) is 17.4. The van der Waals surface area contributed by atoms with Crippen LogP contribution in [0.15, 0.2) is 0 Å². The zero-order valence-electron chi connectivity index (χ0n) is 33.2. The van der Waals surface area contributed by atoms with Crippen LogP contribution < -0.4 is 16.4 Å². The Hall–Kier alpha value is -6.40. The number of aliphatic carboxylic acids is 4. The van der Waals surface area contributed by atoms with E-state index in [4.69, 9.17) is 15.9 Å². The van der Waals surface area contributed by atoms with Crippen LogP contribution in [0, 0.1) is 0 Å². The summed E-state index contributed by atoms with van der Waals surface area (Å²) in [4.78, 5) is 151. The van der Waals surface area contributed by atoms with E-state index in [1.54, 1.807) is 0 Å². The van der Waals surface area contributed by atoms with Gasteiger partial charge in [0.2, 0.25) is 47.3 Å². The molecule has 25 nitrogen and oxygen atoms in total. The second-order valence-electron chi connectivity index (χ2n) is 13.4. The lowest BCUT2D eigenvalue weighted by molar-refractivity contribution is -0.146. The van der Waals surface area contributed by atoms with Gasteiger partial charge in [-0.1, -0.05) is 0 Å². The maximum atomic E-state index is 12.8. The third kappa shape index (κ3) is 20.0. The van der Waals surface area contributed by atoms with E-state index in [1.807, 2.05) is 0 Å². The molecule has 0 unspecified atom stereocenters. The predicted octanol–water partition coefficient (Wildman–Crippen LogP) is -5.29. The highest BCUT2D eigenvalue weighted by molar-refractivity contribution is 5.92. The molecule has 0 saturated heterocycles. The van der Waals surface area contributed by atoms with Crippen molar-refractivity contribution in [3.05, 3.63) is 0 Å². The highest BCUT2D eigenvalue weighted by Gasteiger charge is 2.27. The van der Waals surface area contributed by atoms with E-state index in [0.717, 1.165) is 29.4 Å². The fourth-order valence-corrected chi connectivity index (χ4v) is 4.54. The molecule has 0 spiro atoms. The van der Waals surface area contributed by atoms with Crippen molar-refractivity contribution in [1.82, 2.24) is 40.0 Å². The summed E-state index contributed by atoms with van der Waals surface area (Å²) in [5, 5.41) is 40.8. The van der Waals surface area contributed by atoms with Crippen molar-refractivity contribution in [2.45, 2.75) is 56.7 Å².